The maximum Gasteiger partial charge on any atom is 0.321 e. The molecule has 2 rings (SSSR count). The van der Waals surface area contributed by atoms with E-state index in [1.807, 2.05) is 30.3 Å². The van der Waals surface area contributed by atoms with E-state index in [0.717, 1.165) is 5.56 Å². The topological polar surface area (TPSA) is 60.2 Å². The highest BCUT2D eigenvalue weighted by Crippen LogP contribution is 2.23. The van der Waals surface area contributed by atoms with Gasteiger partial charge in [0.25, 0.3) is 0 Å². The number of benzene rings is 1. The summed E-state index contributed by atoms with van der Waals surface area (Å²) < 4.78 is 10.3. The van der Waals surface area contributed by atoms with Crippen molar-refractivity contribution in [2.24, 2.45) is 0 Å². The van der Waals surface area contributed by atoms with E-state index in [0.29, 0.717) is 11.8 Å². The van der Waals surface area contributed by atoms with Gasteiger partial charge in [-0.05, 0) is 5.56 Å². The smallest absolute Gasteiger partial charge is 0.321 e. The number of hydrogen-bond donors (Lipinski definition) is 1. The Kier molecular flexibility index (Phi) is 3.16. The SMILES string of the molecule is CNc1nc(C(OC)c2ccccc2)no1. The molecule has 5 nitrogen and oxygen atoms in total. The molecular formula is C11H13N3O2. The van der Waals surface area contributed by atoms with Crippen LogP contribution in [0.4, 0.5) is 6.01 Å². The Bertz CT molecular complexity index is 442. The first kappa shape index (κ1) is 10.6. The summed E-state index contributed by atoms with van der Waals surface area (Å²) in [4.78, 5) is 4.16. The molecule has 1 atom stereocenters. The normalized spacial score (nSPS) is 12.4. The molecule has 1 heterocycles. The van der Waals surface area contributed by atoms with Crippen molar-refractivity contribution in [3.63, 3.8) is 0 Å². The van der Waals surface area contributed by atoms with Crippen LogP contribution in [0.2, 0.25) is 0 Å². The van der Waals surface area contributed by atoms with E-state index in [4.69, 9.17) is 9.26 Å². The molecule has 1 N–H and O–H groups in total. The molecule has 0 fully saturated rings. The van der Waals surface area contributed by atoms with Crippen LogP contribution < -0.4 is 5.32 Å². The Morgan fingerprint density at radius 1 is 1.31 bits per heavy atom. The first-order valence-electron chi connectivity index (χ1n) is 4.94. The van der Waals surface area contributed by atoms with Crippen molar-refractivity contribution in [1.82, 2.24) is 10.1 Å². The maximum atomic E-state index is 5.37. The van der Waals surface area contributed by atoms with Crippen LogP contribution in [0, 0.1) is 0 Å². The molecule has 0 amide bonds. The van der Waals surface area contributed by atoms with Gasteiger partial charge in [-0.25, -0.2) is 0 Å². The van der Waals surface area contributed by atoms with Crippen LogP contribution in [-0.2, 0) is 4.74 Å². The van der Waals surface area contributed by atoms with Crippen molar-refractivity contribution in [3.8, 4) is 0 Å². The third-order valence-electron chi connectivity index (χ3n) is 2.23. The van der Waals surface area contributed by atoms with Crippen LogP contribution >= 0.6 is 0 Å². The molecule has 16 heavy (non-hydrogen) atoms. The first-order chi connectivity index (χ1) is 7.85. The number of anilines is 1. The minimum atomic E-state index is -0.299. The van der Waals surface area contributed by atoms with Gasteiger partial charge in [0.1, 0.15) is 6.10 Å². The van der Waals surface area contributed by atoms with Gasteiger partial charge in [0.15, 0.2) is 0 Å². The molecule has 0 radical (unpaired) electrons. The van der Waals surface area contributed by atoms with Crippen molar-refractivity contribution in [3.05, 3.63) is 41.7 Å². The average molecular weight is 219 g/mol. The van der Waals surface area contributed by atoms with E-state index in [9.17, 15) is 0 Å². The number of hydrogen-bond acceptors (Lipinski definition) is 5. The fourth-order valence-electron chi connectivity index (χ4n) is 1.46. The number of nitrogens with one attached hydrogen (secondary N) is 1. The summed E-state index contributed by atoms with van der Waals surface area (Å²) in [6.07, 6.45) is -0.299. The zero-order valence-electron chi connectivity index (χ0n) is 9.18. The zero-order chi connectivity index (χ0) is 11.4. The molecule has 0 saturated heterocycles. The second-order valence-electron chi connectivity index (χ2n) is 3.23. The lowest BCUT2D eigenvalue weighted by atomic mass is 10.1. The van der Waals surface area contributed by atoms with Gasteiger partial charge in [-0.3, -0.25) is 0 Å². The maximum absolute atomic E-state index is 5.37. The van der Waals surface area contributed by atoms with Gasteiger partial charge in [-0.1, -0.05) is 35.5 Å². The van der Waals surface area contributed by atoms with Gasteiger partial charge in [0.2, 0.25) is 5.82 Å². The zero-order valence-corrected chi connectivity index (χ0v) is 9.18. The first-order valence-corrected chi connectivity index (χ1v) is 4.94. The van der Waals surface area contributed by atoms with E-state index in [2.05, 4.69) is 15.5 Å². The van der Waals surface area contributed by atoms with Gasteiger partial charge >= 0.3 is 6.01 Å². The summed E-state index contributed by atoms with van der Waals surface area (Å²) in [5.74, 6) is 0.512. The quantitative estimate of drug-likeness (QED) is 0.850. The second kappa shape index (κ2) is 4.76. The molecule has 0 aliphatic carbocycles. The second-order valence-corrected chi connectivity index (χ2v) is 3.23. The number of ether oxygens (including phenoxy) is 1. The molecule has 0 saturated carbocycles. The predicted octanol–water partition coefficient (Wildman–Crippen LogP) is 1.85. The third-order valence-corrected chi connectivity index (χ3v) is 2.23. The largest absolute Gasteiger partial charge is 0.369 e. The molecular weight excluding hydrogens is 206 g/mol. The summed E-state index contributed by atoms with van der Waals surface area (Å²) in [7, 11) is 3.34. The Labute approximate surface area is 93.4 Å². The van der Waals surface area contributed by atoms with Crippen LogP contribution in [-0.4, -0.2) is 24.3 Å². The van der Waals surface area contributed by atoms with Crippen molar-refractivity contribution >= 4 is 6.01 Å². The molecule has 0 bridgehead atoms. The predicted molar refractivity (Wildman–Crippen MR) is 59.1 cm³/mol. The number of rotatable bonds is 4. The fourth-order valence-corrected chi connectivity index (χ4v) is 1.46. The van der Waals surface area contributed by atoms with Crippen molar-refractivity contribution in [1.29, 1.82) is 0 Å². The van der Waals surface area contributed by atoms with Crippen LogP contribution in [0.15, 0.2) is 34.9 Å². The van der Waals surface area contributed by atoms with E-state index < -0.39 is 0 Å². The van der Waals surface area contributed by atoms with Crippen molar-refractivity contribution in [2.75, 3.05) is 19.5 Å². The van der Waals surface area contributed by atoms with Crippen LogP contribution in [0.3, 0.4) is 0 Å². The molecule has 0 aliphatic rings. The third kappa shape index (κ3) is 2.04. The molecule has 2 aromatic rings. The van der Waals surface area contributed by atoms with Gasteiger partial charge in [0, 0.05) is 14.2 Å². The molecule has 1 aromatic heterocycles. The van der Waals surface area contributed by atoms with E-state index in [-0.39, 0.29) is 6.10 Å². The molecule has 0 spiro atoms. The summed E-state index contributed by atoms with van der Waals surface area (Å²) in [5, 5.41) is 6.64. The number of methoxy groups -OCH3 is 1. The minimum absolute atomic E-state index is 0.299. The Morgan fingerprint density at radius 2 is 2.06 bits per heavy atom. The van der Waals surface area contributed by atoms with Gasteiger partial charge in [0.05, 0.1) is 0 Å². The molecule has 1 unspecified atom stereocenters. The summed E-state index contributed by atoms with van der Waals surface area (Å²) >= 11 is 0. The lowest BCUT2D eigenvalue weighted by molar-refractivity contribution is 0.126. The summed E-state index contributed by atoms with van der Waals surface area (Å²) in [5.41, 5.74) is 0.994. The van der Waals surface area contributed by atoms with Gasteiger partial charge < -0.3 is 14.6 Å². The Balaban J connectivity index is 2.29. The monoisotopic (exact) mass is 219 g/mol. The molecule has 5 heteroatoms. The number of nitrogens with zero attached hydrogens (tertiary/aromatic N) is 2. The van der Waals surface area contributed by atoms with Crippen molar-refractivity contribution < 1.29 is 9.26 Å². The highest BCUT2D eigenvalue weighted by Gasteiger charge is 2.19. The van der Waals surface area contributed by atoms with E-state index >= 15 is 0 Å². The Morgan fingerprint density at radius 3 is 2.62 bits per heavy atom. The van der Waals surface area contributed by atoms with Crippen molar-refractivity contribution in [2.45, 2.75) is 6.10 Å². The van der Waals surface area contributed by atoms with E-state index in [1.54, 1.807) is 14.2 Å². The highest BCUT2D eigenvalue weighted by atomic mass is 16.5. The Hall–Kier alpha value is -1.88. The van der Waals surface area contributed by atoms with Crippen LogP contribution in [0.1, 0.15) is 17.5 Å². The fraction of sp³-hybridized carbons (Fsp3) is 0.273. The van der Waals surface area contributed by atoms with Gasteiger partial charge in [-0.2, -0.15) is 4.98 Å². The molecule has 0 aliphatic heterocycles. The molecule has 1 aromatic carbocycles. The highest BCUT2D eigenvalue weighted by molar-refractivity contribution is 5.25. The number of aromatic nitrogens is 2. The molecule has 84 valence electrons. The lowest BCUT2D eigenvalue weighted by Crippen LogP contribution is -2.05. The van der Waals surface area contributed by atoms with Crippen LogP contribution in [0.25, 0.3) is 0 Å². The van der Waals surface area contributed by atoms with E-state index in [1.165, 1.54) is 0 Å². The lowest BCUT2D eigenvalue weighted by Gasteiger charge is -2.10. The summed E-state index contributed by atoms with van der Waals surface area (Å²) in [6, 6.07) is 10.1. The average Bonchev–Trinajstić information content (AvgIpc) is 2.80. The minimum Gasteiger partial charge on any atom is -0.369 e. The van der Waals surface area contributed by atoms with Gasteiger partial charge in [-0.15, -0.1) is 0 Å². The standard InChI is InChI=1S/C11H13N3O2/c1-12-11-13-10(14-16-11)9(15-2)8-6-4-3-5-7-8/h3-7,9H,1-2H3,(H,12,13,14). The summed E-state index contributed by atoms with van der Waals surface area (Å²) in [6.45, 7) is 0. The van der Waals surface area contributed by atoms with Crippen LogP contribution in [0.5, 0.6) is 0 Å².